The van der Waals surface area contributed by atoms with Gasteiger partial charge in [-0.2, -0.15) is 0 Å². The summed E-state index contributed by atoms with van der Waals surface area (Å²) in [6.45, 7) is 0.756. The fourth-order valence-electron chi connectivity index (χ4n) is 2.04. The topological polar surface area (TPSA) is 43.8 Å². The van der Waals surface area contributed by atoms with E-state index < -0.39 is 0 Å². The molecule has 3 aromatic rings. The number of fused-ring (bicyclic) bond motifs is 1. The highest BCUT2D eigenvalue weighted by atomic mass is 79.9. The first-order valence-electron chi connectivity index (χ1n) is 5.68. The number of nitrogens with zero attached hydrogens (tertiary/aromatic N) is 2. The van der Waals surface area contributed by atoms with E-state index in [-0.39, 0.29) is 0 Å². The van der Waals surface area contributed by atoms with E-state index in [0.29, 0.717) is 0 Å². The number of halogens is 1. The molecule has 0 aliphatic carbocycles. The maximum atomic E-state index is 5.89. The van der Waals surface area contributed by atoms with Crippen LogP contribution in [0.5, 0.6) is 0 Å². The zero-order valence-corrected chi connectivity index (χ0v) is 11.3. The highest BCUT2D eigenvalue weighted by Crippen LogP contribution is 2.25. The standard InChI is InChI=1S/C14H12BrN3/c15-14-10(4-3-5-11(14)16)8-18-9-17-12-6-1-2-7-13(12)18/h1-7,9H,8,16H2. The molecule has 0 atom stereocenters. The minimum atomic E-state index is 0.756. The van der Waals surface area contributed by atoms with Gasteiger partial charge >= 0.3 is 0 Å². The third-order valence-electron chi connectivity index (χ3n) is 2.98. The molecule has 4 heteroatoms. The number of anilines is 1. The molecule has 1 heterocycles. The van der Waals surface area contributed by atoms with Crippen LogP contribution in [0.4, 0.5) is 5.69 Å². The predicted molar refractivity (Wildman–Crippen MR) is 77.4 cm³/mol. The number of hydrogen-bond acceptors (Lipinski definition) is 2. The Morgan fingerprint density at radius 3 is 2.83 bits per heavy atom. The number of hydrogen-bond donors (Lipinski definition) is 1. The van der Waals surface area contributed by atoms with Gasteiger partial charge in [0.1, 0.15) is 0 Å². The van der Waals surface area contributed by atoms with Gasteiger partial charge in [0.2, 0.25) is 0 Å². The number of benzene rings is 2. The van der Waals surface area contributed by atoms with Gasteiger partial charge in [-0.15, -0.1) is 0 Å². The molecule has 0 unspecified atom stereocenters. The fourth-order valence-corrected chi connectivity index (χ4v) is 2.43. The molecule has 3 rings (SSSR count). The molecular weight excluding hydrogens is 290 g/mol. The number of nitrogens with two attached hydrogens (primary N) is 1. The summed E-state index contributed by atoms with van der Waals surface area (Å²) in [6.07, 6.45) is 1.86. The molecule has 0 saturated heterocycles. The predicted octanol–water partition coefficient (Wildman–Crippen LogP) is 3.43. The first-order chi connectivity index (χ1) is 8.75. The Balaban J connectivity index is 2.04. The molecule has 0 amide bonds. The van der Waals surface area contributed by atoms with Crippen molar-refractivity contribution >= 4 is 32.7 Å². The maximum Gasteiger partial charge on any atom is 0.0961 e. The number of para-hydroxylation sites is 2. The van der Waals surface area contributed by atoms with Crippen molar-refractivity contribution in [1.82, 2.24) is 9.55 Å². The van der Waals surface area contributed by atoms with Crippen molar-refractivity contribution in [2.75, 3.05) is 5.73 Å². The van der Waals surface area contributed by atoms with Gasteiger partial charge in [-0.1, -0.05) is 24.3 Å². The second-order valence-corrected chi connectivity index (χ2v) is 4.97. The van der Waals surface area contributed by atoms with Crippen molar-refractivity contribution in [3.05, 3.63) is 58.8 Å². The van der Waals surface area contributed by atoms with Crippen molar-refractivity contribution in [2.24, 2.45) is 0 Å². The number of aromatic nitrogens is 2. The van der Waals surface area contributed by atoms with E-state index in [1.54, 1.807) is 0 Å². The lowest BCUT2D eigenvalue weighted by atomic mass is 10.2. The van der Waals surface area contributed by atoms with Crippen LogP contribution < -0.4 is 5.73 Å². The number of nitrogen functional groups attached to an aromatic ring is 1. The zero-order chi connectivity index (χ0) is 12.5. The third kappa shape index (κ3) is 1.88. The minimum Gasteiger partial charge on any atom is -0.398 e. The fraction of sp³-hybridized carbons (Fsp3) is 0.0714. The molecule has 18 heavy (non-hydrogen) atoms. The quantitative estimate of drug-likeness (QED) is 0.737. The summed E-state index contributed by atoms with van der Waals surface area (Å²) >= 11 is 3.53. The van der Waals surface area contributed by atoms with Gasteiger partial charge in [0.15, 0.2) is 0 Å². The maximum absolute atomic E-state index is 5.89. The Hall–Kier alpha value is -1.81. The van der Waals surface area contributed by atoms with E-state index in [0.717, 1.165) is 33.3 Å². The first-order valence-corrected chi connectivity index (χ1v) is 6.48. The van der Waals surface area contributed by atoms with E-state index in [9.17, 15) is 0 Å². The molecule has 0 aliphatic heterocycles. The third-order valence-corrected chi connectivity index (χ3v) is 3.94. The van der Waals surface area contributed by atoms with Gasteiger partial charge in [-0.25, -0.2) is 4.98 Å². The summed E-state index contributed by atoms with van der Waals surface area (Å²) < 4.78 is 3.08. The minimum absolute atomic E-state index is 0.756. The summed E-state index contributed by atoms with van der Waals surface area (Å²) in [4.78, 5) is 4.38. The smallest absolute Gasteiger partial charge is 0.0961 e. The molecular formula is C14H12BrN3. The molecule has 0 bridgehead atoms. The van der Waals surface area contributed by atoms with E-state index in [4.69, 9.17) is 5.73 Å². The van der Waals surface area contributed by atoms with Crippen molar-refractivity contribution < 1.29 is 0 Å². The summed E-state index contributed by atoms with van der Waals surface area (Å²) in [5.74, 6) is 0. The van der Waals surface area contributed by atoms with Crippen LogP contribution in [0.25, 0.3) is 11.0 Å². The molecule has 1 aromatic heterocycles. The number of rotatable bonds is 2. The van der Waals surface area contributed by atoms with Crippen LogP contribution in [0.2, 0.25) is 0 Å². The number of imidazole rings is 1. The Morgan fingerprint density at radius 1 is 1.11 bits per heavy atom. The molecule has 2 N–H and O–H groups in total. The molecule has 0 aliphatic rings. The Labute approximate surface area is 113 Å². The zero-order valence-electron chi connectivity index (χ0n) is 9.68. The van der Waals surface area contributed by atoms with Gasteiger partial charge in [-0.05, 0) is 39.7 Å². The Bertz CT molecular complexity index is 703. The average Bonchev–Trinajstić information content (AvgIpc) is 2.79. The van der Waals surface area contributed by atoms with Crippen LogP contribution in [-0.4, -0.2) is 9.55 Å². The van der Waals surface area contributed by atoms with Crippen molar-refractivity contribution in [3.63, 3.8) is 0 Å². The lowest BCUT2D eigenvalue weighted by Crippen LogP contribution is -2.00. The highest BCUT2D eigenvalue weighted by molar-refractivity contribution is 9.10. The van der Waals surface area contributed by atoms with Crippen LogP contribution in [0.3, 0.4) is 0 Å². The summed E-state index contributed by atoms with van der Waals surface area (Å²) in [7, 11) is 0. The summed E-state index contributed by atoms with van der Waals surface area (Å²) in [5.41, 5.74) is 9.95. The highest BCUT2D eigenvalue weighted by Gasteiger charge is 2.06. The molecule has 2 aromatic carbocycles. The van der Waals surface area contributed by atoms with E-state index in [1.165, 1.54) is 0 Å². The van der Waals surface area contributed by atoms with Crippen LogP contribution in [-0.2, 0) is 6.54 Å². The van der Waals surface area contributed by atoms with Crippen LogP contribution in [0.1, 0.15) is 5.56 Å². The lowest BCUT2D eigenvalue weighted by molar-refractivity contribution is 0.821. The van der Waals surface area contributed by atoms with Gasteiger partial charge in [0.25, 0.3) is 0 Å². The van der Waals surface area contributed by atoms with Crippen LogP contribution in [0.15, 0.2) is 53.3 Å². The monoisotopic (exact) mass is 301 g/mol. The van der Waals surface area contributed by atoms with Gasteiger partial charge in [0, 0.05) is 10.2 Å². The second-order valence-electron chi connectivity index (χ2n) is 4.18. The SMILES string of the molecule is Nc1cccc(Cn2cnc3ccccc32)c1Br. The van der Waals surface area contributed by atoms with Gasteiger partial charge < -0.3 is 10.3 Å². The molecule has 0 radical (unpaired) electrons. The Kier molecular flexibility index (Phi) is 2.80. The molecule has 0 spiro atoms. The second kappa shape index (κ2) is 4.46. The van der Waals surface area contributed by atoms with E-state index >= 15 is 0 Å². The van der Waals surface area contributed by atoms with E-state index in [1.807, 2.05) is 36.7 Å². The summed E-state index contributed by atoms with van der Waals surface area (Å²) in [5, 5.41) is 0. The average molecular weight is 302 g/mol. The lowest BCUT2D eigenvalue weighted by Gasteiger charge is -2.08. The normalized spacial score (nSPS) is 10.9. The molecule has 0 saturated carbocycles. The van der Waals surface area contributed by atoms with Crippen molar-refractivity contribution in [1.29, 1.82) is 0 Å². The Morgan fingerprint density at radius 2 is 1.94 bits per heavy atom. The molecule has 3 nitrogen and oxygen atoms in total. The van der Waals surface area contributed by atoms with Gasteiger partial charge in [0.05, 0.1) is 23.9 Å². The molecule has 90 valence electrons. The first kappa shape index (κ1) is 11.3. The van der Waals surface area contributed by atoms with Crippen molar-refractivity contribution in [2.45, 2.75) is 6.54 Å². The van der Waals surface area contributed by atoms with Crippen molar-refractivity contribution in [3.8, 4) is 0 Å². The summed E-state index contributed by atoms with van der Waals surface area (Å²) in [6, 6.07) is 14.0. The van der Waals surface area contributed by atoms with Crippen LogP contribution in [0, 0.1) is 0 Å². The van der Waals surface area contributed by atoms with Gasteiger partial charge in [-0.3, -0.25) is 0 Å². The molecule has 0 fully saturated rings. The van der Waals surface area contributed by atoms with Crippen LogP contribution >= 0.6 is 15.9 Å². The largest absolute Gasteiger partial charge is 0.398 e. The van der Waals surface area contributed by atoms with E-state index in [2.05, 4.69) is 37.6 Å².